The lowest BCUT2D eigenvalue weighted by molar-refractivity contribution is -0.121. The Balaban J connectivity index is 1.52. The van der Waals surface area contributed by atoms with Crippen molar-refractivity contribution < 1.29 is 14.7 Å². The number of carbonyl (C=O) groups excluding carboxylic acids is 2. The predicted octanol–water partition coefficient (Wildman–Crippen LogP) is 3.32. The van der Waals surface area contributed by atoms with E-state index in [0.29, 0.717) is 36.8 Å². The van der Waals surface area contributed by atoms with Crippen molar-refractivity contribution in [2.24, 2.45) is 5.92 Å². The van der Waals surface area contributed by atoms with Crippen molar-refractivity contribution in [3.63, 3.8) is 0 Å². The highest BCUT2D eigenvalue weighted by Gasteiger charge is 2.28. The SMILES string of the molecule is O=C(Nc1cc(Cl)ccc1O)C1CCN(C(=O)Nc2ccccn2)CC1. The van der Waals surface area contributed by atoms with Crippen LogP contribution in [0.2, 0.25) is 5.02 Å². The summed E-state index contributed by atoms with van der Waals surface area (Å²) >= 11 is 5.89. The number of carbonyl (C=O) groups is 2. The molecular formula is C18H19ClN4O3. The van der Waals surface area contributed by atoms with Crippen LogP contribution in [-0.4, -0.2) is 40.0 Å². The molecule has 0 bridgehead atoms. The number of nitrogens with one attached hydrogen (secondary N) is 2. The molecule has 0 spiro atoms. The highest BCUT2D eigenvalue weighted by molar-refractivity contribution is 6.31. The summed E-state index contributed by atoms with van der Waals surface area (Å²) in [7, 11) is 0. The van der Waals surface area contributed by atoms with Gasteiger partial charge in [0.2, 0.25) is 5.91 Å². The maximum Gasteiger partial charge on any atom is 0.323 e. The summed E-state index contributed by atoms with van der Waals surface area (Å²) in [6, 6.07) is 9.55. The smallest absolute Gasteiger partial charge is 0.323 e. The van der Waals surface area contributed by atoms with Crippen LogP contribution in [0.4, 0.5) is 16.3 Å². The van der Waals surface area contributed by atoms with Crippen molar-refractivity contribution >= 4 is 35.0 Å². The predicted molar refractivity (Wildman–Crippen MR) is 99.3 cm³/mol. The van der Waals surface area contributed by atoms with Gasteiger partial charge in [-0.25, -0.2) is 9.78 Å². The topological polar surface area (TPSA) is 94.6 Å². The number of amides is 3. The van der Waals surface area contributed by atoms with Gasteiger partial charge < -0.3 is 15.3 Å². The van der Waals surface area contributed by atoms with Crippen LogP contribution in [0.25, 0.3) is 0 Å². The fourth-order valence-corrected chi connectivity index (χ4v) is 2.99. The summed E-state index contributed by atoms with van der Waals surface area (Å²) in [5.74, 6) is 0.0448. The zero-order valence-corrected chi connectivity index (χ0v) is 14.7. The monoisotopic (exact) mass is 374 g/mol. The number of aromatic hydroxyl groups is 1. The average molecular weight is 375 g/mol. The zero-order chi connectivity index (χ0) is 18.5. The largest absolute Gasteiger partial charge is 0.506 e. The zero-order valence-electron chi connectivity index (χ0n) is 14.0. The molecule has 7 nitrogen and oxygen atoms in total. The molecular weight excluding hydrogens is 356 g/mol. The summed E-state index contributed by atoms with van der Waals surface area (Å²) in [5.41, 5.74) is 0.290. The number of hydrogen-bond acceptors (Lipinski definition) is 4. The van der Waals surface area contributed by atoms with Crippen molar-refractivity contribution in [1.29, 1.82) is 0 Å². The number of phenols is 1. The van der Waals surface area contributed by atoms with Gasteiger partial charge in [0.05, 0.1) is 5.69 Å². The summed E-state index contributed by atoms with van der Waals surface area (Å²) in [6.45, 7) is 0.941. The Labute approximate surface area is 156 Å². The second kappa shape index (κ2) is 8.05. The number of phenolic OH excluding ortho intramolecular Hbond substituents is 1. The molecule has 1 aliphatic rings. The van der Waals surface area contributed by atoms with E-state index in [1.807, 2.05) is 0 Å². The molecule has 0 radical (unpaired) electrons. The van der Waals surface area contributed by atoms with Crippen LogP contribution in [-0.2, 0) is 4.79 Å². The summed E-state index contributed by atoms with van der Waals surface area (Å²) in [6.07, 6.45) is 2.70. The van der Waals surface area contributed by atoms with Crippen molar-refractivity contribution in [2.45, 2.75) is 12.8 Å². The minimum Gasteiger partial charge on any atom is -0.506 e. The number of likely N-dealkylation sites (tertiary alicyclic amines) is 1. The second-order valence-electron chi connectivity index (χ2n) is 6.06. The molecule has 1 aromatic carbocycles. The molecule has 0 saturated carbocycles. The van der Waals surface area contributed by atoms with Gasteiger partial charge in [0.25, 0.3) is 0 Å². The molecule has 0 unspecified atom stereocenters. The molecule has 1 aliphatic heterocycles. The molecule has 2 heterocycles. The van der Waals surface area contributed by atoms with E-state index in [9.17, 15) is 14.7 Å². The molecule has 26 heavy (non-hydrogen) atoms. The molecule has 3 N–H and O–H groups in total. The van der Waals surface area contributed by atoms with Crippen LogP contribution in [0.3, 0.4) is 0 Å². The molecule has 0 aliphatic carbocycles. The third-order valence-corrected chi connectivity index (χ3v) is 4.50. The van der Waals surface area contributed by atoms with E-state index in [-0.39, 0.29) is 29.3 Å². The number of hydrogen-bond donors (Lipinski definition) is 3. The minimum atomic E-state index is -0.229. The Morgan fingerprint density at radius 3 is 2.62 bits per heavy atom. The third-order valence-electron chi connectivity index (χ3n) is 4.27. The quantitative estimate of drug-likeness (QED) is 0.718. The van der Waals surface area contributed by atoms with E-state index in [1.54, 1.807) is 35.4 Å². The summed E-state index contributed by atoms with van der Waals surface area (Å²) < 4.78 is 0. The fraction of sp³-hybridized carbons (Fsp3) is 0.278. The molecule has 2 aromatic rings. The van der Waals surface area contributed by atoms with Crippen molar-refractivity contribution in [1.82, 2.24) is 9.88 Å². The first-order valence-corrected chi connectivity index (χ1v) is 8.67. The first-order chi connectivity index (χ1) is 12.5. The van der Waals surface area contributed by atoms with Crippen molar-refractivity contribution in [2.75, 3.05) is 23.7 Å². The number of nitrogens with zero attached hydrogens (tertiary/aromatic N) is 2. The second-order valence-corrected chi connectivity index (χ2v) is 6.49. The summed E-state index contributed by atoms with van der Waals surface area (Å²) in [4.78, 5) is 30.4. The van der Waals surface area contributed by atoms with Gasteiger partial charge in [-0.3, -0.25) is 10.1 Å². The number of urea groups is 1. The Kier molecular flexibility index (Phi) is 5.58. The Morgan fingerprint density at radius 2 is 1.92 bits per heavy atom. The van der Waals surface area contributed by atoms with E-state index < -0.39 is 0 Å². The van der Waals surface area contributed by atoms with Crippen molar-refractivity contribution in [3.05, 3.63) is 47.6 Å². The van der Waals surface area contributed by atoms with E-state index in [2.05, 4.69) is 15.6 Å². The molecule has 1 aromatic heterocycles. The highest BCUT2D eigenvalue weighted by Crippen LogP contribution is 2.28. The minimum absolute atomic E-state index is 0.0325. The van der Waals surface area contributed by atoms with Gasteiger partial charge in [0.1, 0.15) is 11.6 Å². The first-order valence-electron chi connectivity index (χ1n) is 8.29. The van der Waals surface area contributed by atoms with E-state index in [0.717, 1.165) is 0 Å². The maximum absolute atomic E-state index is 12.4. The van der Waals surface area contributed by atoms with Crippen LogP contribution >= 0.6 is 11.6 Å². The molecule has 1 fully saturated rings. The number of halogens is 1. The normalized spacial score (nSPS) is 14.7. The third kappa shape index (κ3) is 4.43. The van der Waals surface area contributed by atoms with Crippen LogP contribution in [0.15, 0.2) is 42.6 Å². The van der Waals surface area contributed by atoms with Gasteiger partial charge in [-0.05, 0) is 43.2 Å². The summed E-state index contributed by atoms with van der Waals surface area (Å²) in [5, 5.41) is 15.7. The lowest BCUT2D eigenvalue weighted by atomic mass is 9.96. The lowest BCUT2D eigenvalue weighted by Gasteiger charge is -2.31. The van der Waals surface area contributed by atoms with Crippen LogP contribution in [0, 0.1) is 5.92 Å². The molecule has 3 rings (SSSR count). The van der Waals surface area contributed by atoms with Gasteiger partial charge in [-0.1, -0.05) is 17.7 Å². The van der Waals surface area contributed by atoms with Gasteiger partial charge in [0.15, 0.2) is 0 Å². The Hall–Kier alpha value is -2.80. The van der Waals surface area contributed by atoms with Crippen LogP contribution in [0.5, 0.6) is 5.75 Å². The van der Waals surface area contributed by atoms with Crippen LogP contribution in [0.1, 0.15) is 12.8 Å². The van der Waals surface area contributed by atoms with E-state index in [4.69, 9.17) is 11.6 Å². The molecule has 3 amide bonds. The first kappa shape index (κ1) is 18.0. The number of piperidine rings is 1. The average Bonchev–Trinajstić information content (AvgIpc) is 2.65. The van der Waals surface area contributed by atoms with E-state index in [1.165, 1.54) is 12.1 Å². The lowest BCUT2D eigenvalue weighted by Crippen LogP contribution is -2.43. The van der Waals surface area contributed by atoms with Crippen LogP contribution < -0.4 is 10.6 Å². The highest BCUT2D eigenvalue weighted by atomic mass is 35.5. The fourth-order valence-electron chi connectivity index (χ4n) is 2.81. The van der Waals surface area contributed by atoms with Gasteiger partial charge in [-0.2, -0.15) is 0 Å². The number of anilines is 2. The molecule has 8 heteroatoms. The standard InChI is InChI=1S/C18H19ClN4O3/c19-13-4-5-15(24)14(11-13)21-17(25)12-6-9-23(10-7-12)18(26)22-16-3-1-2-8-20-16/h1-5,8,11-12,24H,6-7,9-10H2,(H,21,25)(H,20,22,26). The molecule has 136 valence electrons. The number of aromatic nitrogens is 1. The van der Waals surface area contributed by atoms with Gasteiger partial charge in [-0.15, -0.1) is 0 Å². The maximum atomic E-state index is 12.4. The number of benzene rings is 1. The Bertz CT molecular complexity index is 792. The number of pyridine rings is 1. The number of rotatable bonds is 3. The van der Waals surface area contributed by atoms with Crippen molar-refractivity contribution in [3.8, 4) is 5.75 Å². The van der Waals surface area contributed by atoms with E-state index >= 15 is 0 Å². The van der Waals surface area contributed by atoms with Gasteiger partial charge in [0, 0.05) is 30.2 Å². The molecule has 0 atom stereocenters. The molecule has 1 saturated heterocycles. The van der Waals surface area contributed by atoms with Gasteiger partial charge >= 0.3 is 6.03 Å². The Morgan fingerprint density at radius 1 is 1.15 bits per heavy atom.